The van der Waals surface area contributed by atoms with Gasteiger partial charge in [0.2, 0.25) is 0 Å². The van der Waals surface area contributed by atoms with Gasteiger partial charge in [-0.3, -0.25) is 0 Å². The van der Waals surface area contributed by atoms with Crippen LogP contribution in [0.3, 0.4) is 0 Å². The number of ether oxygens (including phenoxy) is 2. The molecule has 1 aromatic carbocycles. The van der Waals surface area contributed by atoms with Gasteiger partial charge in [-0.05, 0) is 12.0 Å². The number of halogens is 3. The van der Waals surface area contributed by atoms with E-state index in [2.05, 4.69) is 30.8 Å². The van der Waals surface area contributed by atoms with E-state index in [1.54, 1.807) is 28.9 Å². The number of aromatic nitrogens is 3. The molecule has 8 nitrogen and oxygen atoms in total. The molecule has 0 unspecified atom stereocenters. The van der Waals surface area contributed by atoms with Crippen LogP contribution in [0.2, 0.25) is 0 Å². The Morgan fingerprint density at radius 2 is 2.09 bits per heavy atom. The third-order valence-electron chi connectivity index (χ3n) is 5.27. The van der Waals surface area contributed by atoms with Crippen molar-refractivity contribution in [1.82, 2.24) is 19.9 Å². The molecule has 3 aromatic rings. The number of fused-ring (bicyclic) bond motifs is 1. The van der Waals surface area contributed by atoms with Crippen LogP contribution in [0.4, 0.5) is 24.7 Å². The monoisotopic (exact) mass is 464 g/mol. The van der Waals surface area contributed by atoms with Gasteiger partial charge in [0.1, 0.15) is 11.6 Å². The number of nitrogens with one attached hydrogen (secondary N) is 3. The third-order valence-corrected chi connectivity index (χ3v) is 5.27. The van der Waals surface area contributed by atoms with Crippen molar-refractivity contribution in [3.8, 4) is 5.75 Å². The zero-order chi connectivity index (χ0) is 23.4. The van der Waals surface area contributed by atoms with Crippen molar-refractivity contribution in [3.05, 3.63) is 47.8 Å². The molecule has 33 heavy (non-hydrogen) atoms. The first kappa shape index (κ1) is 23.1. The first-order valence-corrected chi connectivity index (χ1v) is 10.8. The van der Waals surface area contributed by atoms with Crippen LogP contribution >= 0.6 is 0 Å². The number of rotatable bonds is 8. The SMILES string of the molecule is CC(C)c1cnc2c(NCc3ccccc3OC(F)(F)F)cc(NC[C@@H]3CNCCO3)nn12. The molecule has 2 aromatic heterocycles. The van der Waals surface area contributed by atoms with Gasteiger partial charge in [-0.1, -0.05) is 32.0 Å². The Morgan fingerprint density at radius 1 is 1.27 bits per heavy atom. The molecule has 11 heteroatoms. The van der Waals surface area contributed by atoms with Crippen LogP contribution in [-0.2, 0) is 11.3 Å². The van der Waals surface area contributed by atoms with E-state index in [4.69, 9.17) is 4.74 Å². The summed E-state index contributed by atoms with van der Waals surface area (Å²) in [5.74, 6) is 0.551. The van der Waals surface area contributed by atoms with E-state index in [0.717, 1.165) is 18.8 Å². The summed E-state index contributed by atoms with van der Waals surface area (Å²) in [6.45, 7) is 7.02. The molecule has 1 saturated heterocycles. The molecule has 1 atom stereocenters. The van der Waals surface area contributed by atoms with Crippen molar-refractivity contribution in [3.63, 3.8) is 0 Å². The van der Waals surface area contributed by atoms with Crippen LogP contribution in [0.5, 0.6) is 5.75 Å². The Hall–Kier alpha value is -3.05. The lowest BCUT2D eigenvalue weighted by molar-refractivity contribution is -0.274. The summed E-state index contributed by atoms with van der Waals surface area (Å²) in [5, 5.41) is 14.5. The fourth-order valence-electron chi connectivity index (χ4n) is 3.63. The summed E-state index contributed by atoms with van der Waals surface area (Å²) in [6, 6.07) is 7.85. The van der Waals surface area contributed by atoms with Gasteiger partial charge in [0, 0.05) is 37.8 Å². The molecule has 3 N–H and O–H groups in total. The molecule has 1 fully saturated rings. The van der Waals surface area contributed by atoms with E-state index in [-0.39, 0.29) is 24.3 Å². The summed E-state index contributed by atoms with van der Waals surface area (Å²) < 4.78 is 50.0. The number of imidazole rings is 1. The quantitative estimate of drug-likeness (QED) is 0.468. The van der Waals surface area contributed by atoms with Crippen molar-refractivity contribution in [1.29, 1.82) is 0 Å². The number of hydrogen-bond donors (Lipinski definition) is 3. The number of alkyl halides is 3. The van der Waals surface area contributed by atoms with Crippen molar-refractivity contribution in [2.45, 2.75) is 38.8 Å². The zero-order valence-electron chi connectivity index (χ0n) is 18.4. The van der Waals surface area contributed by atoms with Gasteiger partial charge in [-0.25, -0.2) is 9.50 Å². The minimum atomic E-state index is -4.76. The first-order chi connectivity index (χ1) is 15.8. The number of benzene rings is 1. The highest BCUT2D eigenvalue weighted by Crippen LogP contribution is 2.28. The average Bonchev–Trinajstić information content (AvgIpc) is 3.21. The van der Waals surface area contributed by atoms with Gasteiger partial charge >= 0.3 is 6.36 Å². The Labute approximate surface area is 189 Å². The van der Waals surface area contributed by atoms with E-state index in [1.165, 1.54) is 12.1 Å². The Bertz CT molecular complexity index is 1080. The third kappa shape index (κ3) is 5.85. The van der Waals surface area contributed by atoms with Crippen LogP contribution in [0.25, 0.3) is 5.65 Å². The average molecular weight is 464 g/mol. The van der Waals surface area contributed by atoms with E-state index >= 15 is 0 Å². The van der Waals surface area contributed by atoms with E-state index < -0.39 is 6.36 Å². The van der Waals surface area contributed by atoms with Gasteiger partial charge < -0.3 is 25.4 Å². The van der Waals surface area contributed by atoms with Gasteiger partial charge in [-0.15, -0.1) is 18.3 Å². The summed E-state index contributed by atoms with van der Waals surface area (Å²) in [5.41, 5.74) is 2.53. The van der Waals surface area contributed by atoms with E-state index in [0.29, 0.717) is 35.9 Å². The van der Waals surface area contributed by atoms with Gasteiger partial charge in [0.15, 0.2) is 5.65 Å². The van der Waals surface area contributed by atoms with Gasteiger partial charge in [-0.2, -0.15) is 0 Å². The predicted octanol–water partition coefficient (Wildman–Crippen LogP) is 3.76. The normalized spacial score (nSPS) is 16.8. The van der Waals surface area contributed by atoms with E-state index in [9.17, 15) is 13.2 Å². The fraction of sp³-hybridized carbons (Fsp3) is 0.455. The molecule has 1 aliphatic rings. The topological polar surface area (TPSA) is 84.7 Å². The molecule has 0 radical (unpaired) electrons. The Morgan fingerprint density at radius 3 is 2.82 bits per heavy atom. The van der Waals surface area contributed by atoms with Crippen molar-refractivity contribution >= 4 is 17.2 Å². The van der Waals surface area contributed by atoms with Crippen LogP contribution < -0.4 is 20.7 Å². The second-order valence-corrected chi connectivity index (χ2v) is 8.10. The number of nitrogens with zero attached hydrogens (tertiary/aromatic N) is 3. The number of anilines is 2. The predicted molar refractivity (Wildman–Crippen MR) is 119 cm³/mol. The van der Waals surface area contributed by atoms with Crippen molar-refractivity contribution in [2.24, 2.45) is 0 Å². The van der Waals surface area contributed by atoms with E-state index in [1.807, 2.05) is 13.8 Å². The highest BCUT2D eigenvalue weighted by molar-refractivity contribution is 5.71. The minimum absolute atomic E-state index is 0.0198. The summed E-state index contributed by atoms with van der Waals surface area (Å²) in [6.07, 6.45) is -2.98. The van der Waals surface area contributed by atoms with Gasteiger partial charge in [0.05, 0.1) is 30.3 Å². The van der Waals surface area contributed by atoms with Crippen molar-refractivity contribution in [2.75, 3.05) is 36.9 Å². The summed E-state index contributed by atoms with van der Waals surface area (Å²) >= 11 is 0. The smallest absolute Gasteiger partial charge is 0.405 e. The first-order valence-electron chi connectivity index (χ1n) is 10.8. The maximum atomic E-state index is 12.8. The Balaban J connectivity index is 1.58. The highest BCUT2D eigenvalue weighted by Gasteiger charge is 2.32. The maximum absolute atomic E-state index is 12.8. The van der Waals surface area contributed by atoms with Crippen LogP contribution in [-0.4, -0.2) is 53.3 Å². The molecular formula is C22H27F3N6O2. The summed E-state index contributed by atoms with van der Waals surface area (Å²) in [7, 11) is 0. The second-order valence-electron chi connectivity index (χ2n) is 8.10. The standard InChI is InChI=1S/C22H27F3N6O2/c1-14(2)18-13-29-21-17(27-10-15-5-3-4-6-19(15)33-22(23,24)25)9-20(30-31(18)21)28-12-16-11-26-7-8-32-16/h3-6,9,13-14,16,26-27H,7-8,10-12H2,1-2H3,(H,28,30)/t16-/m0/s1. The molecule has 0 amide bonds. The molecular weight excluding hydrogens is 437 g/mol. The van der Waals surface area contributed by atoms with Crippen LogP contribution in [0.1, 0.15) is 31.0 Å². The maximum Gasteiger partial charge on any atom is 0.573 e. The fourth-order valence-corrected chi connectivity index (χ4v) is 3.63. The molecule has 0 aliphatic carbocycles. The highest BCUT2D eigenvalue weighted by atomic mass is 19.4. The second kappa shape index (κ2) is 9.84. The lowest BCUT2D eigenvalue weighted by atomic mass is 10.1. The molecule has 0 saturated carbocycles. The molecule has 3 heterocycles. The zero-order valence-corrected chi connectivity index (χ0v) is 18.4. The molecule has 4 rings (SSSR count). The van der Waals surface area contributed by atoms with Crippen LogP contribution in [0, 0.1) is 0 Å². The molecule has 0 bridgehead atoms. The lowest BCUT2D eigenvalue weighted by Crippen LogP contribution is -2.42. The lowest BCUT2D eigenvalue weighted by Gasteiger charge is -2.24. The largest absolute Gasteiger partial charge is 0.573 e. The molecule has 0 spiro atoms. The number of morpholine rings is 1. The Kier molecular flexibility index (Phi) is 6.89. The molecule has 1 aliphatic heterocycles. The minimum Gasteiger partial charge on any atom is -0.405 e. The van der Waals surface area contributed by atoms with Crippen molar-refractivity contribution < 1.29 is 22.6 Å². The number of hydrogen-bond acceptors (Lipinski definition) is 7. The number of para-hydroxylation sites is 1. The van der Waals surface area contributed by atoms with Gasteiger partial charge in [0.25, 0.3) is 0 Å². The van der Waals surface area contributed by atoms with Crippen LogP contribution in [0.15, 0.2) is 36.5 Å². The summed E-state index contributed by atoms with van der Waals surface area (Å²) in [4.78, 5) is 4.49. The molecule has 178 valence electrons.